The molecule has 32 heavy (non-hydrogen) atoms. The first-order valence-corrected chi connectivity index (χ1v) is 10.5. The van der Waals surface area contributed by atoms with Crippen LogP contribution in [0.15, 0.2) is 29.5 Å². The summed E-state index contributed by atoms with van der Waals surface area (Å²) in [5.41, 5.74) is 7.25. The fourth-order valence-electron chi connectivity index (χ4n) is 4.13. The van der Waals surface area contributed by atoms with Gasteiger partial charge in [0.15, 0.2) is 11.0 Å². The topological polar surface area (TPSA) is 107 Å². The number of benzene rings is 1. The Kier molecular flexibility index (Phi) is 5.84. The van der Waals surface area contributed by atoms with Crippen LogP contribution >= 0.6 is 11.3 Å². The van der Waals surface area contributed by atoms with Crippen LogP contribution in [0, 0.1) is 17.7 Å². The Morgan fingerprint density at radius 2 is 1.91 bits per heavy atom. The zero-order valence-electron chi connectivity index (χ0n) is 16.6. The Bertz CT molecular complexity index is 1030. The summed E-state index contributed by atoms with van der Waals surface area (Å²) in [7, 11) is 0. The van der Waals surface area contributed by atoms with Gasteiger partial charge >= 0.3 is 12.1 Å². The number of rotatable bonds is 6. The van der Waals surface area contributed by atoms with Crippen LogP contribution in [0.2, 0.25) is 0 Å². The van der Waals surface area contributed by atoms with Gasteiger partial charge in [-0.3, -0.25) is 10.2 Å². The van der Waals surface area contributed by atoms with Gasteiger partial charge < -0.3 is 20.6 Å². The highest BCUT2D eigenvalue weighted by Crippen LogP contribution is 2.42. The number of aromatic nitrogens is 1. The smallest absolute Gasteiger partial charge is 0.418 e. The summed E-state index contributed by atoms with van der Waals surface area (Å²) in [6.07, 6.45) is -3.01. The number of hydrazone groups is 1. The van der Waals surface area contributed by atoms with Crippen LogP contribution in [0.1, 0.15) is 10.4 Å². The molecule has 2 saturated heterocycles. The Balaban J connectivity index is 1.42. The Morgan fingerprint density at radius 1 is 1.25 bits per heavy atom. The summed E-state index contributed by atoms with van der Waals surface area (Å²) in [6, 6.07) is 2.58. The van der Waals surface area contributed by atoms with E-state index in [1.807, 2.05) is 0 Å². The number of thiazole rings is 1. The molecule has 0 amide bonds. The van der Waals surface area contributed by atoms with Crippen molar-refractivity contribution in [2.45, 2.75) is 6.18 Å². The van der Waals surface area contributed by atoms with Crippen molar-refractivity contribution in [3.63, 3.8) is 0 Å². The van der Waals surface area contributed by atoms with E-state index in [1.54, 1.807) is 11.1 Å². The van der Waals surface area contributed by atoms with Gasteiger partial charge in [-0.25, -0.2) is 9.37 Å². The van der Waals surface area contributed by atoms with E-state index < -0.39 is 23.5 Å². The SMILES string of the molecule is N/C(=N\NCC(=O)O)c1cnc(N2CC3CN(c4cc(F)ccc4C(F)(F)F)CC3C2)s1. The summed E-state index contributed by atoms with van der Waals surface area (Å²) >= 11 is 1.30. The molecule has 3 heterocycles. The number of nitrogens with zero attached hydrogens (tertiary/aromatic N) is 4. The number of hydrogen-bond acceptors (Lipinski definition) is 7. The minimum absolute atomic E-state index is 0.117. The molecule has 1 aromatic carbocycles. The zero-order valence-corrected chi connectivity index (χ0v) is 17.5. The molecule has 1 aromatic heterocycles. The lowest BCUT2D eigenvalue weighted by atomic mass is 10.0. The van der Waals surface area contributed by atoms with E-state index in [4.69, 9.17) is 10.8 Å². The minimum atomic E-state index is -4.55. The van der Waals surface area contributed by atoms with E-state index in [1.165, 1.54) is 11.3 Å². The number of alkyl halides is 3. The van der Waals surface area contributed by atoms with E-state index in [0.29, 0.717) is 36.2 Å². The van der Waals surface area contributed by atoms with Crippen LogP contribution in [0.4, 0.5) is 28.4 Å². The highest BCUT2D eigenvalue weighted by atomic mass is 32.1. The van der Waals surface area contributed by atoms with Crippen LogP contribution in [0.25, 0.3) is 0 Å². The van der Waals surface area contributed by atoms with Gasteiger partial charge in [0.2, 0.25) is 0 Å². The average molecular weight is 472 g/mol. The lowest BCUT2D eigenvalue weighted by molar-refractivity contribution is -0.137. The predicted octanol–water partition coefficient (Wildman–Crippen LogP) is 2.17. The van der Waals surface area contributed by atoms with Crippen molar-refractivity contribution in [3.05, 3.63) is 40.7 Å². The quantitative estimate of drug-likeness (QED) is 0.256. The van der Waals surface area contributed by atoms with E-state index in [2.05, 4.69) is 20.4 Å². The number of aliphatic carboxylic acids is 1. The van der Waals surface area contributed by atoms with Crippen molar-refractivity contribution in [2.75, 3.05) is 42.5 Å². The molecule has 2 fully saturated rings. The Labute approximate surface area is 184 Å². The third kappa shape index (κ3) is 4.56. The van der Waals surface area contributed by atoms with E-state index in [0.717, 1.165) is 18.2 Å². The molecule has 4 rings (SSSR count). The van der Waals surface area contributed by atoms with Crippen LogP contribution < -0.4 is 21.0 Å². The molecule has 2 aromatic rings. The highest BCUT2D eigenvalue weighted by molar-refractivity contribution is 7.17. The summed E-state index contributed by atoms with van der Waals surface area (Å²) in [6.45, 7) is 1.65. The van der Waals surface area contributed by atoms with Gasteiger partial charge in [-0.2, -0.15) is 18.3 Å². The number of nitrogens with one attached hydrogen (secondary N) is 1. The fourth-order valence-corrected chi connectivity index (χ4v) is 4.96. The summed E-state index contributed by atoms with van der Waals surface area (Å²) in [5, 5.41) is 13.1. The van der Waals surface area contributed by atoms with Gasteiger partial charge in [0.1, 0.15) is 12.4 Å². The summed E-state index contributed by atoms with van der Waals surface area (Å²) < 4.78 is 53.8. The second kappa shape index (κ2) is 8.45. The van der Waals surface area contributed by atoms with Gasteiger partial charge in [-0.05, 0) is 18.2 Å². The lowest BCUT2D eigenvalue weighted by Gasteiger charge is -2.25. The first-order valence-electron chi connectivity index (χ1n) is 9.72. The third-order valence-electron chi connectivity index (χ3n) is 5.54. The van der Waals surface area contributed by atoms with Crippen molar-refractivity contribution in [3.8, 4) is 0 Å². The molecule has 0 radical (unpaired) electrons. The van der Waals surface area contributed by atoms with Crippen molar-refractivity contribution < 1.29 is 27.5 Å². The van der Waals surface area contributed by atoms with Crippen molar-refractivity contribution in [2.24, 2.45) is 22.7 Å². The maximum atomic E-state index is 13.7. The molecule has 0 spiro atoms. The number of carbonyl (C=O) groups is 1. The van der Waals surface area contributed by atoms with E-state index in [-0.39, 0.29) is 29.9 Å². The molecule has 8 nitrogen and oxygen atoms in total. The van der Waals surface area contributed by atoms with E-state index in [9.17, 15) is 22.4 Å². The number of amidine groups is 1. The highest BCUT2D eigenvalue weighted by Gasteiger charge is 2.43. The predicted molar refractivity (Wildman–Crippen MR) is 111 cm³/mol. The van der Waals surface area contributed by atoms with Crippen molar-refractivity contribution >= 4 is 34.0 Å². The summed E-state index contributed by atoms with van der Waals surface area (Å²) in [4.78, 5) is 19.1. The molecule has 2 aliphatic heterocycles. The fraction of sp³-hybridized carbons (Fsp3) is 0.421. The third-order valence-corrected chi connectivity index (χ3v) is 6.62. The second-order valence-electron chi connectivity index (χ2n) is 7.72. The minimum Gasteiger partial charge on any atom is -0.480 e. The standard InChI is InChI=1S/C19H20F4N6O2S/c20-12-1-2-13(19(21,22)23)14(3-12)28-6-10-8-29(9-11(10)7-28)18-25-4-15(32-18)17(24)27-26-5-16(30)31/h1-4,10-11,26H,5-9H2,(H2,24,27)(H,30,31). The van der Waals surface area contributed by atoms with Crippen LogP contribution in [0.5, 0.6) is 0 Å². The number of nitrogens with two attached hydrogens (primary N) is 1. The number of halogens is 4. The molecule has 172 valence electrons. The molecule has 0 saturated carbocycles. The van der Waals surface area contributed by atoms with E-state index >= 15 is 0 Å². The second-order valence-corrected chi connectivity index (χ2v) is 8.73. The molecule has 0 bridgehead atoms. The largest absolute Gasteiger partial charge is 0.480 e. The molecule has 0 aliphatic carbocycles. The molecular formula is C19H20F4N6O2S. The molecule has 4 N–H and O–H groups in total. The number of hydrogen-bond donors (Lipinski definition) is 3. The van der Waals surface area contributed by atoms with Crippen LogP contribution in [-0.4, -0.2) is 54.6 Å². The molecule has 2 atom stereocenters. The van der Waals surface area contributed by atoms with Gasteiger partial charge in [0, 0.05) is 38.0 Å². The van der Waals surface area contributed by atoms with Gasteiger partial charge in [-0.1, -0.05) is 11.3 Å². The zero-order chi connectivity index (χ0) is 23.0. The Hall–Kier alpha value is -3.09. The maximum Gasteiger partial charge on any atom is 0.418 e. The van der Waals surface area contributed by atoms with Crippen molar-refractivity contribution in [1.82, 2.24) is 10.4 Å². The first-order chi connectivity index (χ1) is 15.1. The molecule has 13 heteroatoms. The monoisotopic (exact) mass is 472 g/mol. The number of carboxylic acid groups (broad SMARTS) is 1. The van der Waals surface area contributed by atoms with Gasteiger partial charge in [0.05, 0.1) is 22.3 Å². The average Bonchev–Trinajstić information content (AvgIpc) is 3.41. The molecule has 2 unspecified atom stereocenters. The number of fused-ring (bicyclic) bond motifs is 1. The normalized spacial score (nSPS) is 21.2. The van der Waals surface area contributed by atoms with Crippen LogP contribution in [-0.2, 0) is 11.0 Å². The molecule has 2 aliphatic rings. The first kappa shape index (κ1) is 22.1. The summed E-state index contributed by atoms with van der Waals surface area (Å²) in [5.74, 6) is -1.40. The van der Waals surface area contributed by atoms with Crippen molar-refractivity contribution in [1.29, 1.82) is 0 Å². The van der Waals surface area contributed by atoms with Crippen LogP contribution in [0.3, 0.4) is 0 Å². The number of anilines is 2. The molecular weight excluding hydrogens is 452 g/mol. The number of carboxylic acids is 1. The maximum absolute atomic E-state index is 13.7. The Morgan fingerprint density at radius 3 is 2.53 bits per heavy atom. The van der Waals surface area contributed by atoms with Gasteiger partial charge in [0.25, 0.3) is 0 Å². The van der Waals surface area contributed by atoms with Gasteiger partial charge in [-0.15, -0.1) is 0 Å². The lowest BCUT2D eigenvalue weighted by Crippen LogP contribution is -2.30.